The van der Waals surface area contributed by atoms with Gasteiger partial charge in [0.25, 0.3) is 0 Å². The Bertz CT molecular complexity index is 366. The van der Waals surface area contributed by atoms with Crippen molar-refractivity contribution in [2.45, 2.75) is 24.8 Å². The minimum atomic E-state index is -0.161. The number of rotatable bonds is 4. The summed E-state index contributed by atoms with van der Waals surface area (Å²) in [6, 6.07) is 5.16. The van der Waals surface area contributed by atoms with Crippen molar-refractivity contribution in [3.8, 4) is 0 Å². The van der Waals surface area contributed by atoms with E-state index in [-0.39, 0.29) is 5.82 Å². The second-order valence-electron chi connectivity index (χ2n) is 4.30. The molecule has 0 atom stereocenters. The zero-order valence-corrected chi connectivity index (χ0v) is 11.2. The van der Waals surface area contributed by atoms with Crippen molar-refractivity contribution in [2.24, 2.45) is 5.92 Å². The molecule has 1 N–H and O–H groups in total. The Morgan fingerprint density at radius 3 is 2.81 bits per heavy atom. The molecule has 88 valence electrons. The number of hydrogen-bond donors (Lipinski definition) is 1. The lowest BCUT2D eigenvalue weighted by Gasteiger charge is -2.31. The first-order valence-electron chi connectivity index (χ1n) is 5.44. The smallest absolute Gasteiger partial charge is 0.128 e. The van der Waals surface area contributed by atoms with Gasteiger partial charge in [-0.15, -0.1) is 11.6 Å². The molecule has 1 aromatic rings. The van der Waals surface area contributed by atoms with Gasteiger partial charge in [0.05, 0.1) is 0 Å². The normalized spacial score (nSPS) is 24.2. The second-order valence-corrected chi connectivity index (χ2v) is 5.83. The zero-order chi connectivity index (χ0) is 11.5. The summed E-state index contributed by atoms with van der Waals surface area (Å²) in [6.45, 7) is 1.52. The van der Waals surface area contributed by atoms with Crippen LogP contribution in [-0.2, 0) is 6.54 Å². The lowest BCUT2D eigenvalue weighted by Crippen LogP contribution is -2.33. The van der Waals surface area contributed by atoms with Crippen LogP contribution >= 0.6 is 27.5 Å². The zero-order valence-electron chi connectivity index (χ0n) is 8.85. The first-order chi connectivity index (χ1) is 7.65. The predicted molar refractivity (Wildman–Crippen MR) is 68.2 cm³/mol. The molecule has 0 heterocycles. The first kappa shape index (κ1) is 12.3. The van der Waals surface area contributed by atoms with Crippen LogP contribution in [0.2, 0.25) is 0 Å². The van der Waals surface area contributed by atoms with E-state index in [2.05, 4.69) is 21.2 Å². The number of hydrogen-bond acceptors (Lipinski definition) is 1. The summed E-state index contributed by atoms with van der Waals surface area (Å²) in [7, 11) is 0. The highest BCUT2D eigenvalue weighted by Gasteiger charge is 2.26. The van der Waals surface area contributed by atoms with Crippen LogP contribution in [0, 0.1) is 11.7 Å². The van der Waals surface area contributed by atoms with Gasteiger partial charge in [0.2, 0.25) is 0 Å². The Kier molecular flexibility index (Phi) is 4.22. The van der Waals surface area contributed by atoms with Crippen LogP contribution in [0.1, 0.15) is 18.4 Å². The summed E-state index contributed by atoms with van der Waals surface area (Å²) in [5, 5.41) is 3.63. The molecule has 4 heteroatoms. The number of alkyl halides is 1. The van der Waals surface area contributed by atoms with Gasteiger partial charge < -0.3 is 5.32 Å². The summed E-state index contributed by atoms with van der Waals surface area (Å²) in [4.78, 5) is 0. The van der Waals surface area contributed by atoms with E-state index in [0.717, 1.165) is 23.9 Å². The fraction of sp³-hybridized carbons (Fsp3) is 0.500. The van der Waals surface area contributed by atoms with Gasteiger partial charge >= 0.3 is 0 Å². The van der Waals surface area contributed by atoms with Crippen LogP contribution in [0.5, 0.6) is 0 Å². The molecule has 1 aliphatic carbocycles. The van der Waals surface area contributed by atoms with Gasteiger partial charge in [-0.25, -0.2) is 4.39 Å². The molecule has 0 amide bonds. The lowest BCUT2D eigenvalue weighted by molar-refractivity contribution is 0.308. The van der Waals surface area contributed by atoms with Gasteiger partial charge in [0.1, 0.15) is 5.82 Å². The predicted octanol–water partition coefficient (Wildman–Crippen LogP) is 3.70. The molecule has 0 unspecified atom stereocenters. The molecule has 0 saturated heterocycles. The van der Waals surface area contributed by atoms with Crippen molar-refractivity contribution in [1.82, 2.24) is 5.32 Å². The van der Waals surface area contributed by atoms with Gasteiger partial charge in [0.15, 0.2) is 0 Å². The highest BCUT2D eigenvalue weighted by atomic mass is 79.9. The van der Waals surface area contributed by atoms with E-state index in [1.165, 1.54) is 6.07 Å². The monoisotopic (exact) mass is 305 g/mol. The van der Waals surface area contributed by atoms with Crippen molar-refractivity contribution in [3.63, 3.8) is 0 Å². The minimum Gasteiger partial charge on any atom is -0.312 e. The Labute approximate surface area is 109 Å². The molecule has 1 fully saturated rings. The van der Waals surface area contributed by atoms with Crippen LogP contribution in [0.25, 0.3) is 0 Å². The van der Waals surface area contributed by atoms with E-state index in [1.807, 2.05) is 6.07 Å². The van der Waals surface area contributed by atoms with Crippen LogP contribution in [-0.4, -0.2) is 11.9 Å². The van der Waals surface area contributed by atoms with Crippen molar-refractivity contribution in [1.29, 1.82) is 0 Å². The molecule has 0 aromatic heterocycles. The van der Waals surface area contributed by atoms with Gasteiger partial charge in [-0.05, 0) is 37.4 Å². The van der Waals surface area contributed by atoms with E-state index in [4.69, 9.17) is 11.6 Å². The van der Waals surface area contributed by atoms with Crippen molar-refractivity contribution in [2.75, 3.05) is 6.54 Å². The molecular weight excluding hydrogens is 292 g/mol. The molecular formula is C12H14BrClFN. The second kappa shape index (κ2) is 5.48. The van der Waals surface area contributed by atoms with Gasteiger partial charge in [-0.2, -0.15) is 0 Å². The van der Waals surface area contributed by atoms with E-state index in [9.17, 15) is 4.39 Å². The molecule has 1 aromatic carbocycles. The van der Waals surface area contributed by atoms with Gasteiger partial charge in [-0.3, -0.25) is 0 Å². The largest absolute Gasteiger partial charge is 0.312 e. The molecule has 16 heavy (non-hydrogen) atoms. The van der Waals surface area contributed by atoms with Crippen LogP contribution < -0.4 is 5.32 Å². The molecule has 1 aliphatic rings. The molecule has 0 spiro atoms. The third-order valence-corrected chi connectivity index (χ3v) is 3.79. The Morgan fingerprint density at radius 2 is 2.19 bits per heavy atom. The molecule has 0 bridgehead atoms. The van der Waals surface area contributed by atoms with Crippen LogP contribution in [0.15, 0.2) is 22.7 Å². The molecule has 0 aliphatic heterocycles. The molecule has 1 nitrogen and oxygen atoms in total. The Balaban J connectivity index is 1.76. The van der Waals surface area contributed by atoms with Gasteiger partial charge in [-0.1, -0.05) is 22.0 Å². The maximum atomic E-state index is 13.4. The van der Waals surface area contributed by atoms with Crippen LogP contribution in [0.4, 0.5) is 4.39 Å². The third kappa shape index (κ3) is 3.19. The number of halogens is 3. The summed E-state index contributed by atoms with van der Waals surface area (Å²) in [6.07, 6.45) is 2.16. The van der Waals surface area contributed by atoms with E-state index >= 15 is 0 Å². The van der Waals surface area contributed by atoms with Crippen molar-refractivity contribution >= 4 is 27.5 Å². The summed E-state index contributed by atoms with van der Waals surface area (Å²) >= 11 is 9.13. The van der Waals surface area contributed by atoms with Gasteiger partial charge in [0, 0.05) is 22.0 Å². The molecule has 0 radical (unpaired) electrons. The fourth-order valence-electron chi connectivity index (χ4n) is 1.90. The van der Waals surface area contributed by atoms with E-state index in [1.54, 1.807) is 6.07 Å². The third-order valence-electron chi connectivity index (χ3n) is 2.94. The van der Waals surface area contributed by atoms with Crippen molar-refractivity contribution in [3.05, 3.63) is 34.1 Å². The van der Waals surface area contributed by atoms with Crippen molar-refractivity contribution < 1.29 is 4.39 Å². The van der Waals surface area contributed by atoms with E-state index in [0.29, 0.717) is 23.4 Å². The maximum Gasteiger partial charge on any atom is 0.128 e. The van der Waals surface area contributed by atoms with E-state index < -0.39 is 0 Å². The highest BCUT2D eigenvalue weighted by Crippen LogP contribution is 2.31. The molecule has 1 saturated carbocycles. The summed E-state index contributed by atoms with van der Waals surface area (Å²) in [5.41, 5.74) is 0.713. The highest BCUT2D eigenvalue weighted by molar-refractivity contribution is 9.10. The SMILES string of the molecule is Fc1cc(Br)ccc1CNCC1CC(Cl)C1. The quantitative estimate of drug-likeness (QED) is 0.837. The first-order valence-corrected chi connectivity index (χ1v) is 6.67. The number of benzene rings is 1. The summed E-state index contributed by atoms with van der Waals surface area (Å²) in [5.74, 6) is 0.506. The maximum absolute atomic E-state index is 13.4. The molecule has 2 rings (SSSR count). The summed E-state index contributed by atoms with van der Waals surface area (Å²) < 4.78 is 14.2. The fourth-order valence-corrected chi connectivity index (χ4v) is 2.73. The number of nitrogens with one attached hydrogen (secondary N) is 1. The minimum absolute atomic E-state index is 0.161. The lowest BCUT2D eigenvalue weighted by atomic mass is 9.85. The standard InChI is InChI=1S/C12H14BrClFN/c13-10-2-1-9(12(15)5-10)7-16-6-8-3-11(14)4-8/h1-2,5,8,11,16H,3-4,6-7H2. The Morgan fingerprint density at radius 1 is 1.44 bits per heavy atom. The average Bonchev–Trinajstić information content (AvgIpc) is 2.18. The average molecular weight is 307 g/mol. The topological polar surface area (TPSA) is 12.0 Å². The van der Waals surface area contributed by atoms with Crippen LogP contribution in [0.3, 0.4) is 0 Å². The Hall–Kier alpha value is -0.120.